The lowest BCUT2D eigenvalue weighted by Gasteiger charge is -2.38. The number of nitrogens with one attached hydrogen (secondary N) is 5. The summed E-state index contributed by atoms with van der Waals surface area (Å²) < 4.78 is 25.8. The highest BCUT2D eigenvalue weighted by atomic mass is 16.6. The maximum Gasteiger partial charge on any atom is 0.252 e. The molecule has 0 spiro atoms. The summed E-state index contributed by atoms with van der Waals surface area (Å²) in [6, 6.07) is 13.5. The van der Waals surface area contributed by atoms with Gasteiger partial charge in [0.1, 0.15) is 36.4 Å². The average molecular weight is 1200 g/mol. The van der Waals surface area contributed by atoms with Crippen LogP contribution in [0.25, 0.3) is 0 Å². The van der Waals surface area contributed by atoms with Gasteiger partial charge in [-0.15, -0.1) is 0 Å². The standard InChI is InChI=1S/C66H100N8O12/c1-39(2)29-49-60(77)71-66(9)38-86-56(57(66)85-36-44-23-17-14-18-24-44)62(79)70-51(31-41(5)6)64(81)73(11)48-28-20-26-46(34-48)59(76)68-52(32-42(7)8)65(82)74(12)53-37-84-55(54(53)83-35-43-21-15-13-16-22-43)61(78)69-50(30-40(3)4)63(80)72(10)47-27-19-25-45(33-47)58(75)67-49/h13-18,21-24,39-42,45-57H,19-20,25-38H2,1-12H3,(H,67,75)(H,68,76)(H,69,78)(H,70,79)(H,71,77). The van der Waals surface area contributed by atoms with Gasteiger partial charge in [-0.25, -0.2) is 0 Å². The molecule has 2 aromatic rings. The smallest absolute Gasteiger partial charge is 0.252 e. The van der Waals surface area contributed by atoms with E-state index in [1.807, 2.05) is 116 Å². The second kappa shape index (κ2) is 30.8. The molecular formula is C66H100N8O12. The van der Waals surface area contributed by atoms with Crippen LogP contribution in [0, 0.1) is 35.5 Å². The molecule has 20 heteroatoms. The van der Waals surface area contributed by atoms with Gasteiger partial charge in [0.05, 0.1) is 38.0 Å². The van der Waals surface area contributed by atoms with Crippen LogP contribution in [0.5, 0.6) is 0 Å². The van der Waals surface area contributed by atoms with Crippen LogP contribution in [0.1, 0.15) is 150 Å². The Morgan fingerprint density at radius 1 is 0.500 bits per heavy atom. The summed E-state index contributed by atoms with van der Waals surface area (Å²) in [7, 11) is 5.05. The first-order chi connectivity index (χ1) is 40.8. The zero-order valence-corrected chi connectivity index (χ0v) is 53.1. The predicted octanol–water partition coefficient (Wildman–Crippen LogP) is 5.83. The molecule has 14 atom stereocenters. The summed E-state index contributed by atoms with van der Waals surface area (Å²) >= 11 is 0. The molecule has 5 aliphatic rings. The molecule has 476 valence electrons. The number of rotatable bonds is 14. The van der Waals surface area contributed by atoms with Crippen LogP contribution in [0.15, 0.2) is 60.7 Å². The van der Waals surface area contributed by atoms with Gasteiger partial charge in [-0.1, -0.05) is 129 Å². The molecule has 7 rings (SSSR count). The SMILES string of the molecule is CC(C)CC1NC(=O)C2CCCC(C2)N(C)C(=O)C(CC(C)C)NC(=O)C2OCC(C2OCc2ccccc2)N(C)C(=O)C(CC(C)C)NC(=O)C2CCCC(C2)N(C)C(=O)C(CC(C)C)NC(=O)C2OCC(C)(NC1=O)C2OCc1ccccc1. The van der Waals surface area contributed by atoms with Crippen LogP contribution in [0.2, 0.25) is 0 Å². The second-order valence-corrected chi connectivity index (χ2v) is 27.1. The van der Waals surface area contributed by atoms with E-state index in [9.17, 15) is 38.4 Å². The lowest BCUT2D eigenvalue weighted by molar-refractivity contribution is -0.145. The molecule has 3 saturated heterocycles. The van der Waals surface area contributed by atoms with Gasteiger partial charge in [-0.3, -0.25) is 38.4 Å². The van der Waals surface area contributed by atoms with Gasteiger partial charge >= 0.3 is 0 Å². The molecule has 2 saturated carbocycles. The van der Waals surface area contributed by atoms with E-state index in [1.165, 1.54) is 4.90 Å². The number of benzene rings is 2. The van der Waals surface area contributed by atoms with Gasteiger partial charge in [-0.2, -0.15) is 0 Å². The molecular weight excluding hydrogens is 1100 g/mol. The van der Waals surface area contributed by atoms with Gasteiger partial charge in [-0.05, 0) is 106 Å². The van der Waals surface area contributed by atoms with Crippen molar-refractivity contribution in [2.75, 3.05) is 34.4 Å². The lowest BCUT2D eigenvalue weighted by atomic mass is 9.83. The van der Waals surface area contributed by atoms with Crippen LogP contribution in [-0.4, -0.2) is 169 Å². The van der Waals surface area contributed by atoms with Crippen LogP contribution >= 0.6 is 0 Å². The fourth-order valence-corrected chi connectivity index (χ4v) is 13.2. The van der Waals surface area contributed by atoms with Crippen molar-refractivity contribution in [1.29, 1.82) is 0 Å². The summed E-state index contributed by atoms with van der Waals surface area (Å²) in [6.07, 6.45) is 0.960. The summed E-state index contributed by atoms with van der Waals surface area (Å²) in [5.41, 5.74) is 0.383. The van der Waals surface area contributed by atoms with Crippen molar-refractivity contribution in [3.63, 3.8) is 0 Å². The Morgan fingerprint density at radius 3 is 1.37 bits per heavy atom. The highest BCUT2D eigenvalue weighted by Crippen LogP contribution is 2.34. The number of hydrogen-bond acceptors (Lipinski definition) is 12. The fourth-order valence-electron chi connectivity index (χ4n) is 13.2. The molecule has 2 aromatic carbocycles. The van der Waals surface area contributed by atoms with Crippen LogP contribution in [-0.2, 0) is 70.5 Å². The number of amides is 8. The van der Waals surface area contributed by atoms with Crippen LogP contribution in [0.3, 0.4) is 0 Å². The summed E-state index contributed by atoms with van der Waals surface area (Å²) in [4.78, 5) is 123. The highest BCUT2D eigenvalue weighted by molar-refractivity contribution is 5.93. The molecule has 8 amide bonds. The van der Waals surface area contributed by atoms with Crippen molar-refractivity contribution in [3.8, 4) is 0 Å². The van der Waals surface area contributed by atoms with Crippen LogP contribution in [0.4, 0.5) is 0 Å². The zero-order chi connectivity index (χ0) is 62.6. The molecule has 86 heavy (non-hydrogen) atoms. The molecule has 14 unspecified atom stereocenters. The minimum absolute atomic E-state index is 0.00556. The molecule has 20 nitrogen and oxygen atoms in total. The third-order valence-electron chi connectivity index (χ3n) is 18.0. The number of carbonyl (C=O) groups is 8. The van der Waals surface area contributed by atoms with E-state index in [1.54, 1.807) is 37.9 Å². The van der Waals surface area contributed by atoms with Gasteiger partial charge in [0.15, 0.2) is 12.2 Å². The monoisotopic (exact) mass is 1200 g/mol. The van der Waals surface area contributed by atoms with E-state index in [0.717, 1.165) is 11.1 Å². The minimum atomic E-state index is -1.28. The van der Waals surface area contributed by atoms with E-state index in [4.69, 9.17) is 18.9 Å². The maximum atomic E-state index is 14.9. The Kier molecular flexibility index (Phi) is 24.2. The van der Waals surface area contributed by atoms with Crippen molar-refractivity contribution in [2.45, 2.75) is 225 Å². The summed E-state index contributed by atoms with van der Waals surface area (Å²) in [5, 5.41) is 15.4. The molecule has 0 radical (unpaired) electrons. The second-order valence-electron chi connectivity index (χ2n) is 27.1. The molecule has 5 N–H and O–H groups in total. The van der Waals surface area contributed by atoms with E-state index in [-0.39, 0.29) is 91.7 Å². The molecule has 3 heterocycles. The fraction of sp³-hybridized carbons (Fsp3) is 0.697. The molecule has 3 aliphatic heterocycles. The molecule has 0 aromatic heterocycles. The zero-order valence-electron chi connectivity index (χ0n) is 53.1. The normalized spacial score (nSPS) is 31.8. The predicted molar refractivity (Wildman–Crippen MR) is 325 cm³/mol. The first-order valence-corrected chi connectivity index (χ1v) is 31.7. The summed E-state index contributed by atoms with van der Waals surface area (Å²) in [6.45, 7) is 17.5. The number of ether oxygens (including phenoxy) is 4. The molecule has 5 fully saturated rings. The number of fused-ring (bicyclic) bond motifs is 8. The van der Waals surface area contributed by atoms with Crippen molar-refractivity contribution >= 4 is 47.3 Å². The average Bonchev–Trinajstić information content (AvgIpc) is 2.83. The van der Waals surface area contributed by atoms with Crippen LogP contribution < -0.4 is 26.6 Å². The highest BCUT2D eigenvalue weighted by Gasteiger charge is 2.53. The number of likely N-dealkylation sites (N-methyl/N-ethyl adjacent to an activating group) is 3. The van der Waals surface area contributed by atoms with E-state index in [2.05, 4.69) is 26.6 Å². The van der Waals surface area contributed by atoms with Gasteiger partial charge in [0.25, 0.3) is 11.8 Å². The van der Waals surface area contributed by atoms with E-state index < -0.39 is 89.7 Å². The largest absolute Gasteiger partial charge is 0.368 e. The van der Waals surface area contributed by atoms with Crippen molar-refractivity contribution in [1.82, 2.24) is 41.3 Å². The third-order valence-corrected chi connectivity index (χ3v) is 18.0. The maximum absolute atomic E-state index is 14.9. The first kappa shape index (κ1) is 67.5. The number of hydrogen-bond donors (Lipinski definition) is 5. The molecule has 2 aliphatic carbocycles. The Hall–Kier alpha value is -5.96. The minimum Gasteiger partial charge on any atom is -0.368 e. The van der Waals surface area contributed by atoms with Crippen molar-refractivity contribution < 1.29 is 57.3 Å². The topological polar surface area (TPSA) is 243 Å². The van der Waals surface area contributed by atoms with Gasteiger partial charge in [0.2, 0.25) is 35.4 Å². The Morgan fingerprint density at radius 2 is 0.907 bits per heavy atom. The Balaban J connectivity index is 1.22. The lowest BCUT2D eigenvalue weighted by Crippen LogP contribution is -2.62. The van der Waals surface area contributed by atoms with Gasteiger partial charge < -0.3 is 60.2 Å². The Labute approximate surface area is 510 Å². The number of carbonyl (C=O) groups excluding carboxylic acids is 8. The summed E-state index contributed by atoms with van der Waals surface area (Å²) in [5.74, 6) is -4.40. The van der Waals surface area contributed by atoms with E-state index >= 15 is 0 Å². The number of nitrogens with zero attached hydrogens (tertiary/aromatic N) is 3. The van der Waals surface area contributed by atoms with Crippen molar-refractivity contribution in [2.24, 2.45) is 35.5 Å². The van der Waals surface area contributed by atoms with E-state index in [0.29, 0.717) is 77.0 Å². The molecule has 8 bridgehead atoms. The first-order valence-electron chi connectivity index (χ1n) is 31.7. The Bertz CT molecular complexity index is 2620. The van der Waals surface area contributed by atoms with Crippen molar-refractivity contribution in [3.05, 3.63) is 71.8 Å². The third kappa shape index (κ3) is 17.6. The van der Waals surface area contributed by atoms with Gasteiger partial charge in [0, 0.05) is 45.1 Å². The quantitative estimate of drug-likeness (QED) is 0.150.